The summed E-state index contributed by atoms with van der Waals surface area (Å²) in [6.45, 7) is 7.77. The smallest absolute Gasteiger partial charge is 0.0764 e. The first-order valence-corrected chi connectivity index (χ1v) is 7.58. The molecule has 102 valence electrons. The van der Waals surface area contributed by atoms with Crippen molar-refractivity contribution in [2.24, 2.45) is 5.92 Å². The summed E-state index contributed by atoms with van der Waals surface area (Å²) in [5.41, 5.74) is 1.20. The number of hydrogen-bond donors (Lipinski definition) is 0. The second-order valence-corrected chi connectivity index (χ2v) is 5.79. The van der Waals surface area contributed by atoms with Crippen LogP contribution >= 0.6 is 11.6 Å². The van der Waals surface area contributed by atoms with E-state index in [1.165, 1.54) is 25.2 Å². The Morgan fingerprint density at radius 2 is 2.39 bits per heavy atom. The molecular weight excluding hydrogens is 246 g/mol. The summed E-state index contributed by atoms with van der Waals surface area (Å²) in [5.74, 6) is 1.58. The van der Waals surface area contributed by atoms with Crippen molar-refractivity contribution in [2.75, 3.05) is 19.0 Å². The summed E-state index contributed by atoms with van der Waals surface area (Å²) in [4.78, 5) is 2.50. The molecule has 0 amide bonds. The van der Waals surface area contributed by atoms with Crippen LogP contribution in [0.5, 0.6) is 0 Å². The van der Waals surface area contributed by atoms with E-state index >= 15 is 0 Å². The molecule has 1 fully saturated rings. The molecule has 0 radical (unpaired) electrons. The lowest BCUT2D eigenvalue weighted by Gasteiger charge is -2.14. The van der Waals surface area contributed by atoms with E-state index in [-0.39, 0.29) is 0 Å². The summed E-state index contributed by atoms with van der Waals surface area (Å²) in [5, 5.41) is 4.66. The van der Waals surface area contributed by atoms with E-state index in [1.807, 2.05) is 0 Å². The summed E-state index contributed by atoms with van der Waals surface area (Å²) >= 11 is 5.81. The van der Waals surface area contributed by atoms with Gasteiger partial charge in [0.1, 0.15) is 0 Å². The molecule has 2 atom stereocenters. The molecule has 0 bridgehead atoms. The van der Waals surface area contributed by atoms with Gasteiger partial charge in [-0.25, -0.2) is 0 Å². The van der Waals surface area contributed by atoms with Crippen LogP contribution in [0.15, 0.2) is 12.3 Å². The minimum atomic E-state index is 0.501. The van der Waals surface area contributed by atoms with Crippen LogP contribution in [-0.2, 0) is 6.54 Å². The Hall–Kier alpha value is -0.540. The third-order valence-corrected chi connectivity index (χ3v) is 4.20. The van der Waals surface area contributed by atoms with Gasteiger partial charge in [-0.15, -0.1) is 11.6 Å². The summed E-state index contributed by atoms with van der Waals surface area (Å²) in [6.07, 6.45) is 5.68. The number of hydrogen-bond acceptors (Lipinski definition) is 2. The third kappa shape index (κ3) is 3.48. The lowest BCUT2D eigenvalue weighted by Crippen LogP contribution is -2.20. The summed E-state index contributed by atoms with van der Waals surface area (Å²) in [7, 11) is 0. The van der Waals surface area contributed by atoms with Crippen LogP contribution in [0.25, 0.3) is 0 Å². The zero-order valence-corrected chi connectivity index (χ0v) is 12.2. The highest BCUT2D eigenvalue weighted by atomic mass is 35.5. The molecule has 0 aliphatic carbocycles. The first kappa shape index (κ1) is 13.9. The largest absolute Gasteiger partial charge is 0.297 e. The maximum absolute atomic E-state index is 5.81. The van der Waals surface area contributed by atoms with Crippen molar-refractivity contribution in [3.63, 3.8) is 0 Å². The molecule has 1 aliphatic rings. The zero-order valence-electron chi connectivity index (χ0n) is 11.5. The van der Waals surface area contributed by atoms with Crippen molar-refractivity contribution in [2.45, 2.75) is 45.7 Å². The Bertz CT molecular complexity index is 364. The molecule has 0 saturated carbocycles. The Labute approximate surface area is 115 Å². The molecule has 4 heteroatoms. The van der Waals surface area contributed by atoms with Crippen molar-refractivity contribution in [3.05, 3.63) is 18.0 Å². The normalized spacial score (nSPS) is 22.5. The van der Waals surface area contributed by atoms with Crippen LogP contribution in [0.2, 0.25) is 0 Å². The quantitative estimate of drug-likeness (QED) is 0.739. The van der Waals surface area contributed by atoms with Gasteiger partial charge >= 0.3 is 0 Å². The number of rotatable bonds is 6. The molecule has 0 spiro atoms. The Balaban J connectivity index is 1.85. The van der Waals surface area contributed by atoms with Crippen molar-refractivity contribution in [1.29, 1.82) is 0 Å². The zero-order chi connectivity index (χ0) is 13.0. The van der Waals surface area contributed by atoms with E-state index in [2.05, 4.69) is 40.8 Å². The first-order chi connectivity index (χ1) is 8.72. The van der Waals surface area contributed by atoms with Gasteiger partial charge in [-0.2, -0.15) is 5.10 Å². The van der Waals surface area contributed by atoms with Crippen LogP contribution in [-0.4, -0.2) is 33.6 Å². The molecular formula is C14H24ClN3. The van der Waals surface area contributed by atoms with Crippen molar-refractivity contribution < 1.29 is 0 Å². The molecule has 0 N–H and O–H groups in total. The first-order valence-electron chi connectivity index (χ1n) is 7.05. The Morgan fingerprint density at radius 1 is 1.56 bits per heavy atom. The molecule has 2 unspecified atom stereocenters. The summed E-state index contributed by atoms with van der Waals surface area (Å²) < 4.78 is 2.08. The van der Waals surface area contributed by atoms with Crippen LogP contribution in [0.3, 0.4) is 0 Å². The fraction of sp³-hybridized carbons (Fsp3) is 0.786. The van der Waals surface area contributed by atoms with Gasteiger partial charge in [-0.3, -0.25) is 9.58 Å². The van der Waals surface area contributed by atoms with Gasteiger partial charge in [0.2, 0.25) is 0 Å². The maximum atomic E-state index is 5.81. The molecule has 1 saturated heterocycles. The van der Waals surface area contributed by atoms with Gasteiger partial charge in [0.05, 0.1) is 5.69 Å². The fourth-order valence-corrected chi connectivity index (χ4v) is 2.88. The van der Waals surface area contributed by atoms with Gasteiger partial charge in [-0.1, -0.05) is 6.92 Å². The van der Waals surface area contributed by atoms with E-state index in [9.17, 15) is 0 Å². The highest BCUT2D eigenvalue weighted by molar-refractivity contribution is 6.17. The number of alkyl halides is 1. The fourth-order valence-electron chi connectivity index (χ4n) is 2.57. The number of aromatic nitrogens is 2. The Morgan fingerprint density at radius 3 is 3.11 bits per heavy atom. The SMILES string of the molecule is CCC(C)n1ccc(CN2CCC(CCCl)C2)n1. The van der Waals surface area contributed by atoms with Crippen molar-refractivity contribution in [1.82, 2.24) is 14.7 Å². The van der Waals surface area contributed by atoms with Gasteiger partial charge < -0.3 is 0 Å². The molecule has 18 heavy (non-hydrogen) atoms. The monoisotopic (exact) mass is 269 g/mol. The van der Waals surface area contributed by atoms with E-state index in [0.717, 1.165) is 31.2 Å². The van der Waals surface area contributed by atoms with Gasteiger partial charge in [-0.05, 0) is 44.7 Å². The molecule has 3 nitrogen and oxygen atoms in total. The molecule has 2 rings (SSSR count). The standard InChI is InChI=1S/C14H24ClN3/c1-3-12(2)18-9-6-14(16-18)11-17-8-5-13(10-17)4-7-15/h6,9,12-13H,3-5,7-8,10-11H2,1-2H3. The van der Waals surface area contributed by atoms with Crippen LogP contribution in [0, 0.1) is 5.92 Å². The third-order valence-electron chi connectivity index (χ3n) is 3.98. The highest BCUT2D eigenvalue weighted by Crippen LogP contribution is 2.21. The molecule has 1 aromatic rings. The number of likely N-dealkylation sites (tertiary alicyclic amines) is 1. The van der Waals surface area contributed by atoms with E-state index < -0.39 is 0 Å². The van der Waals surface area contributed by atoms with Crippen LogP contribution in [0.1, 0.15) is 44.8 Å². The second-order valence-electron chi connectivity index (χ2n) is 5.41. The predicted octanol–water partition coefficient (Wildman–Crippen LogP) is 3.30. The van der Waals surface area contributed by atoms with Gasteiger partial charge in [0.25, 0.3) is 0 Å². The average molecular weight is 270 g/mol. The summed E-state index contributed by atoms with van der Waals surface area (Å²) in [6, 6.07) is 2.66. The highest BCUT2D eigenvalue weighted by Gasteiger charge is 2.22. The predicted molar refractivity (Wildman–Crippen MR) is 76.0 cm³/mol. The van der Waals surface area contributed by atoms with E-state index in [1.54, 1.807) is 0 Å². The minimum Gasteiger partial charge on any atom is -0.297 e. The average Bonchev–Trinajstić information content (AvgIpc) is 2.99. The molecule has 0 aromatic carbocycles. The minimum absolute atomic E-state index is 0.501. The van der Waals surface area contributed by atoms with E-state index in [4.69, 9.17) is 11.6 Å². The van der Waals surface area contributed by atoms with Crippen LogP contribution in [0.4, 0.5) is 0 Å². The maximum Gasteiger partial charge on any atom is 0.0764 e. The lowest BCUT2D eigenvalue weighted by molar-refractivity contribution is 0.309. The topological polar surface area (TPSA) is 21.1 Å². The van der Waals surface area contributed by atoms with Gasteiger partial charge in [0, 0.05) is 31.2 Å². The number of halogens is 1. The molecule has 2 heterocycles. The van der Waals surface area contributed by atoms with Crippen molar-refractivity contribution >= 4 is 11.6 Å². The number of nitrogens with zero attached hydrogens (tertiary/aromatic N) is 3. The van der Waals surface area contributed by atoms with Crippen molar-refractivity contribution in [3.8, 4) is 0 Å². The molecule has 1 aliphatic heterocycles. The molecule has 1 aromatic heterocycles. The van der Waals surface area contributed by atoms with Gasteiger partial charge in [0.15, 0.2) is 0 Å². The Kier molecular flexibility index (Phi) is 5.07. The van der Waals surface area contributed by atoms with E-state index in [0.29, 0.717) is 6.04 Å². The van der Waals surface area contributed by atoms with Crippen LogP contribution < -0.4 is 0 Å². The lowest BCUT2D eigenvalue weighted by atomic mass is 10.1. The second kappa shape index (κ2) is 6.58.